The Kier molecular flexibility index (Phi) is 4.73. The summed E-state index contributed by atoms with van der Waals surface area (Å²) in [7, 11) is 3.28. The van der Waals surface area contributed by atoms with Crippen molar-refractivity contribution in [3.8, 4) is 17.0 Å². The van der Waals surface area contributed by atoms with Gasteiger partial charge in [-0.2, -0.15) is 0 Å². The van der Waals surface area contributed by atoms with E-state index in [-0.39, 0.29) is 0 Å². The molecule has 0 atom stereocenters. The van der Waals surface area contributed by atoms with E-state index in [0.29, 0.717) is 24.8 Å². The van der Waals surface area contributed by atoms with E-state index < -0.39 is 0 Å². The lowest BCUT2D eigenvalue weighted by Crippen LogP contribution is -2.11. The summed E-state index contributed by atoms with van der Waals surface area (Å²) in [6.45, 7) is 1.20. The molecule has 0 saturated carbocycles. The van der Waals surface area contributed by atoms with Crippen molar-refractivity contribution in [1.29, 1.82) is 0 Å². The van der Waals surface area contributed by atoms with Gasteiger partial charge in [-0.05, 0) is 24.3 Å². The zero-order chi connectivity index (χ0) is 14.4. The Morgan fingerprint density at radius 3 is 2.60 bits per heavy atom. The van der Waals surface area contributed by atoms with E-state index in [2.05, 4.69) is 15.3 Å². The van der Waals surface area contributed by atoms with Crippen molar-refractivity contribution >= 4 is 11.6 Å². The minimum absolute atomic E-state index is 0.373. The number of benzene rings is 1. The quantitative estimate of drug-likeness (QED) is 0.781. The lowest BCUT2D eigenvalue weighted by atomic mass is 10.1. The first-order valence-corrected chi connectivity index (χ1v) is 6.24. The van der Waals surface area contributed by atoms with Crippen LogP contribution in [-0.4, -0.2) is 37.3 Å². The molecule has 0 saturated heterocycles. The van der Waals surface area contributed by atoms with Crippen LogP contribution in [0.3, 0.4) is 0 Å². The predicted molar refractivity (Wildman–Crippen MR) is 78.8 cm³/mol. The highest BCUT2D eigenvalue weighted by Gasteiger charge is 2.06. The van der Waals surface area contributed by atoms with Gasteiger partial charge in [-0.15, -0.1) is 0 Å². The van der Waals surface area contributed by atoms with E-state index in [0.717, 1.165) is 17.0 Å². The van der Waals surface area contributed by atoms with Crippen LogP contribution in [0.5, 0.6) is 5.75 Å². The molecule has 1 heterocycles. The lowest BCUT2D eigenvalue weighted by Gasteiger charge is -2.09. The van der Waals surface area contributed by atoms with Gasteiger partial charge in [0.15, 0.2) is 11.6 Å². The van der Waals surface area contributed by atoms with E-state index in [1.54, 1.807) is 20.4 Å². The molecule has 0 amide bonds. The van der Waals surface area contributed by atoms with Crippen molar-refractivity contribution in [3.05, 3.63) is 30.5 Å². The summed E-state index contributed by atoms with van der Waals surface area (Å²) in [5.41, 5.74) is 7.50. The molecule has 1 aromatic heterocycles. The van der Waals surface area contributed by atoms with Crippen LogP contribution in [-0.2, 0) is 4.74 Å². The number of nitrogens with two attached hydrogens (primary N) is 1. The number of anilines is 2. The summed E-state index contributed by atoms with van der Waals surface area (Å²) in [6.07, 6.45) is 1.65. The van der Waals surface area contributed by atoms with Crippen molar-refractivity contribution in [2.45, 2.75) is 0 Å². The topological polar surface area (TPSA) is 82.3 Å². The summed E-state index contributed by atoms with van der Waals surface area (Å²) >= 11 is 0. The summed E-state index contributed by atoms with van der Waals surface area (Å²) in [4.78, 5) is 8.63. The van der Waals surface area contributed by atoms with Crippen molar-refractivity contribution in [2.24, 2.45) is 0 Å². The van der Waals surface area contributed by atoms with Crippen LogP contribution in [0, 0.1) is 0 Å². The summed E-state index contributed by atoms with van der Waals surface area (Å²) in [6, 6.07) is 7.62. The van der Waals surface area contributed by atoms with Gasteiger partial charge in [0.2, 0.25) is 0 Å². The first-order chi connectivity index (χ1) is 9.74. The Balaban J connectivity index is 2.20. The molecule has 1 aromatic carbocycles. The average molecular weight is 274 g/mol. The molecule has 2 rings (SSSR count). The number of nitrogen functional groups attached to an aromatic ring is 1. The molecule has 0 fully saturated rings. The van der Waals surface area contributed by atoms with E-state index >= 15 is 0 Å². The SMILES string of the molecule is COCCNc1nc(-c2ccc(OC)cc2)cnc1N. The fraction of sp³-hybridized carbons (Fsp3) is 0.286. The Hall–Kier alpha value is -2.34. The van der Waals surface area contributed by atoms with E-state index in [1.807, 2.05) is 24.3 Å². The highest BCUT2D eigenvalue weighted by atomic mass is 16.5. The molecule has 0 bridgehead atoms. The standard InChI is InChI=1S/C14H18N4O2/c1-19-8-7-16-14-13(15)17-9-12(18-14)10-3-5-11(20-2)6-4-10/h3-6,9H,7-8H2,1-2H3,(H2,15,17)(H,16,18). The maximum Gasteiger partial charge on any atom is 0.169 e. The minimum atomic E-state index is 0.373. The lowest BCUT2D eigenvalue weighted by molar-refractivity contribution is 0.210. The van der Waals surface area contributed by atoms with Crippen LogP contribution >= 0.6 is 0 Å². The summed E-state index contributed by atoms with van der Waals surface area (Å²) < 4.78 is 10.1. The van der Waals surface area contributed by atoms with Crippen LogP contribution in [0.1, 0.15) is 0 Å². The van der Waals surface area contributed by atoms with Gasteiger partial charge >= 0.3 is 0 Å². The van der Waals surface area contributed by atoms with Crippen molar-refractivity contribution in [3.63, 3.8) is 0 Å². The van der Waals surface area contributed by atoms with Gasteiger partial charge in [0.25, 0.3) is 0 Å². The normalized spacial score (nSPS) is 10.3. The molecule has 0 aliphatic heterocycles. The number of aromatic nitrogens is 2. The maximum atomic E-state index is 5.80. The molecule has 3 N–H and O–H groups in total. The van der Waals surface area contributed by atoms with Crippen LogP contribution in [0.2, 0.25) is 0 Å². The molecule has 2 aromatic rings. The fourth-order valence-electron chi connectivity index (χ4n) is 1.70. The van der Waals surface area contributed by atoms with E-state index in [4.69, 9.17) is 15.2 Å². The van der Waals surface area contributed by atoms with Crippen molar-refractivity contribution in [2.75, 3.05) is 38.4 Å². The number of hydrogen-bond acceptors (Lipinski definition) is 6. The Bertz CT molecular complexity index is 558. The number of hydrogen-bond donors (Lipinski definition) is 2. The minimum Gasteiger partial charge on any atom is -0.497 e. The van der Waals surface area contributed by atoms with Gasteiger partial charge in [0.05, 0.1) is 25.6 Å². The average Bonchev–Trinajstić information content (AvgIpc) is 2.49. The smallest absolute Gasteiger partial charge is 0.169 e. The van der Waals surface area contributed by atoms with Crippen LogP contribution < -0.4 is 15.8 Å². The Labute approximate surface area is 118 Å². The molecule has 0 unspecified atom stereocenters. The highest BCUT2D eigenvalue weighted by Crippen LogP contribution is 2.23. The Morgan fingerprint density at radius 1 is 1.20 bits per heavy atom. The third-order valence-corrected chi connectivity index (χ3v) is 2.79. The second-order valence-electron chi connectivity index (χ2n) is 4.14. The van der Waals surface area contributed by atoms with Gasteiger partial charge in [0, 0.05) is 19.2 Å². The molecule has 106 valence electrons. The molecule has 0 spiro atoms. The van der Waals surface area contributed by atoms with Crippen LogP contribution in [0.4, 0.5) is 11.6 Å². The monoisotopic (exact) mass is 274 g/mol. The summed E-state index contributed by atoms with van der Waals surface area (Å²) in [5.74, 6) is 1.74. The predicted octanol–water partition coefficient (Wildman–Crippen LogP) is 1.79. The largest absolute Gasteiger partial charge is 0.497 e. The third-order valence-electron chi connectivity index (χ3n) is 2.79. The molecule has 0 aliphatic carbocycles. The molecule has 6 nitrogen and oxygen atoms in total. The molecular formula is C14H18N4O2. The van der Waals surface area contributed by atoms with Crippen molar-refractivity contribution in [1.82, 2.24) is 9.97 Å². The van der Waals surface area contributed by atoms with E-state index in [1.165, 1.54) is 0 Å². The number of nitrogens with zero attached hydrogens (tertiary/aromatic N) is 2. The van der Waals surface area contributed by atoms with Gasteiger partial charge in [-0.25, -0.2) is 9.97 Å². The molecular weight excluding hydrogens is 256 g/mol. The zero-order valence-corrected chi connectivity index (χ0v) is 11.6. The Morgan fingerprint density at radius 2 is 1.95 bits per heavy atom. The molecule has 0 aliphatic rings. The second kappa shape index (κ2) is 6.72. The molecule has 0 radical (unpaired) electrons. The van der Waals surface area contributed by atoms with Crippen LogP contribution in [0.15, 0.2) is 30.5 Å². The van der Waals surface area contributed by atoms with Gasteiger partial charge in [0.1, 0.15) is 5.75 Å². The maximum absolute atomic E-state index is 5.80. The molecule has 6 heteroatoms. The zero-order valence-electron chi connectivity index (χ0n) is 11.6. The number of rotatable bonds is 6. The first-order valence-electron chi connectivity index (χ1n) is 6.24. The number of methoxy groups -OCH3 is 2. The van der Waals surface area contributed by atoms with Gasteiger partial charge in [-0.1, -0.05) is 0 Å². The molecule has 20 heavy (non-hydrogen) atoms. The van der Waals surface area contributed by atoms with Crippen LogP contribution in [0.25, 0.3) is 11.3 Å². The number of ether oxygens (including phenoxy) is 2. The fourth-order valence-corrected chi connectivity index (χ4v) is 1.70. The van der Waals surface area contributed by atoms with Gasteiger partial charge in [-0.3, -0.25) is 0 Å². The second-order valence-corrected chi connectivity index (χ2v) is 4.14. The first kappa shape index (κ1) is 14.1. The highest BCUT2D eigenvalue weighted by molar-refractivity contribution is 5.65. The third kappa shape index (κ3) is 3.36. The van der Waals surface area contributed by atoms with E-state index in [9.17, 15) is 0 Å². The van der Waals surface area contributed by atoms with Gasteiger partial charge < -0.3 is 20.5 Å². The number of nitrogens with one attached hydrogen (secondary N) is 1. The van der Waals surface area contributed by atoms with Crippen molar-refractivity contribution < 1.29 is 9.47 Å². The summed E-state index contributed by atoms with van der Waals surface area (Å²) in [5, 5.41) is 3.10.